The first-order valence-corrected chi connectivity index (χ1v) is 7.39. The van der Waals surface area contributed by atoms with E-state index in [1.54, 1.807) is 30.3 Å². The van der Waals surface area contributed by atoms with E-state index in [0.717, 1.165) is 11.1 Å². The number of nitrogens with zero attached hydrogens (tertiary/aromatic N) is 1. The third-order valence-corrected chi connectivity index (χ3v) is 3.36. The van der Waals surface area contributed by atoms with E-state index in [-0.39, 0.29) is 11.6 Å². The number of benzene rings is 2. The second-order valence-electron chi connectivity index (χ2n) is 5.36. The van der Waals surface area contributed by atoms with Crippen molar-refractivity contribution in [3.63, 3.8) is 0 Å². The number of carbonyl (C=O) groups is 2. The first-order valence-electron chi connectivity index (χ1n) is 7.39. The summed E-state index contributed by atoms with van der Waals surface area (Å²) < 4.78 is 10.2. The maximum atomic E-state index is 12.0. The zero-order valence-corrected chi connectivity index (χ0v) is 13.3. The van der Waals surface area contributed by atoms with Gasteiger partial charge in [-0.05, 0) is 42.8 Å². The maximum Gasteiger partial charge on any atom is 0.363 e. The molecule has 0 fully saturated rings. The Morgan fingerprint density at radius 1 is 1.08 bits per heavy atom. The number of aryl methyl sites for hydroxylation is 1. The van der Waals surface area contributed by atoms with Crippen molar-refractivity contribution in [1.82, 2.24) is 0 Å². The molecular formula is C19H15NO4. The minimum atomic E-state index is -0.491. The molecule has 1 aliphatic heterocycles. The fourth-order valence-corrected chi connectivity index (χ4v) is 2.18. The second-order valence-corrected chi connectivity index (χ2v) is 5.36. The Bertz CT molecular complexity index is 846. The zero-order chi connectivity index (χ0) is 17.1. The molecule has 1 aliphatic rings. The van der Waals surface area contributed by atoms with E-state index in [1.807, 2.05) is 31.2 Å². The molecule has 0 amide bonds. The van der Waals surface area contributed by atoms with Crippen molar-refractivity contribution < 1.29 is 19.1 Å². The topological polar surface area (TPSA) is 65.0 Å². The summed E-state index contributed by atoms with van der Waals surface area (Å²) in [5.41, 5.74) is 2.90. The molecule has 0 radical (unpaired) electrons. The highest BCUT2D eigenvalue weighted by Gasteiger charge is 2.24. The molecule has 2 aromatic rings. The van der Waals surface area contributed by atoms with Crippen LogP contribution in [0.25, 0.3) is 6.08 Å². The lowest BCUT2D eigenvalue weighted by Gasteiger charge is -2.02. The van der Waals surface area contributed by atoms with Gasteiger partial charge in [-0.1, -0.05) is 29.8 Å². The van der Waals surface area contributed by atoms with Crippen molar-refractivity contribution in [2.45, 2.75) is 13.8 Å². The molecule has 0 spiro atoms. The molecule has 0 atom stereocenters. The maximum absolute atomic E-state index is 12.0. The van der Waals surface area contributed by atoms with Crippen LogP contribution >= 0.6 is 0 Å². The Hall–Kier alpha value is -3.21. The molecule has 0 saturated carbocycles. The molecular weight excluding hydrogens is 306 g/mol. The molecule has 0 bridgehead atoms. The number of ether oxygens (including phenoxy) is 2. The average Bonchev–Trinajstić information content (AvgIpc) is 2.91. The molecule has 120 valence electrons. The highest BCUT2D eigenvalue weighted by molar-refractivity contribution is 6.12. The van der Waals surface area contributed by atoms with Gasteiger partial charge in [-0.3, -0.25) is 4.79 Å². The molecule has 0 aromatic heterocycles. The Morgan fingerprint density at radius 3 is 2.38 bits per heavy atom. The SMILES string of the molecule is CC(=O)Oc1ccc(C2=NC(=Cc3ccc(C)cc3)C(=O)O2)cc1. The third kappa shape index (κ3) is 3.57. The number of hydrogen-bond acceptors (Lipinski definition) is 5. The molecule has 0 N–H and O–H groups in total. The monoisotopic (exact) mass is 321 g/mol. The Morgan fingerprint density at radius 2 is 1.75 bits per heavy atom. The quantitative estimate of drug-likeness (QED) is 0.494. The number of hydrogen-bond donors (Lipinski definition) is 0. The number of esters is 2. The van der Waals surface area contributed by atoms with Crippen LogP contribution in [0.1, 0.15) is 23.6 Å². The van der Waals surface area contributed by atoms with Gasteiger partial charge in [0.25, 0.3) is 0 Å². The second kappa shape index (κ2) is 6.50. The standard InChI is InChI=1S/C19H15NO4/c1-12-3-5-14(6-4-12)11-17-19(22)24-18(20-17)15-7-9-16(10-8-15)23-13(2)21/h3-11H,1-2H3. The minimum Gasteiger partial charge on any atom is -0.427 e. The summed E-state index contributed by atoms with van der Waals surface area (Å²) in [6, 6.07) is 14.4. The normalized spacial score (nSPS) is 15.2. The van der Waals surface area contributed by atoms with Gasteiger partial charge in [0.1, 0.15) is 5.75 Å². The Kier molecular flexibility index (Phi) is 4.24. The third-order valence-electron chi connectivity index (χ3n) is 3.36. The van der Waals surface area contributed by atoms with E-state index < -0.39 is 11.9 Å². The lowest BCUT2D eigenvalue weighted by molar-refractivity contribution is -0.132. The molecule has 3 rings (SSSR count). The van der Waals surface area contributed by atoms with Gasteiger partial charge in [-0.15, -0.1) is 0 Å². The molecule has 24 heavy (non-hydrogen) atoms. The van der Waals surface area contributed by atoms with Crippen LogP contribution in [-0.2, 0) is 14.3 Å². The van der Waals surface area contributed by atoms with Crippen LogP contribution in [0.2, 0.25) is 0 Å². The van der Waals surface area contributed by atoms with Gasteiger partial charge in [-0.25, -0.2) is 9.79 Å². The van der Waals surface area contributed by atoms with Gasteiger partial charge in [0.15, 0.2) is 5.70 Å². The molecule has 5 heteroatoms. The van der Waals surface area contributed by atoms with Crippen molar-refractivity contribution in [2.75, 3.05) is 0 Å². The fraction of sp³-hybridized carbons (Fsp3) is 0.105. The van der Waals surface area contributed by atoms with Crippen molar-refractivity contribution in [3.8, 4) is 5.75 Å². The van der Waals surface area contributed by atoms with Gasteiger partial charge < -0.3 is 9.47 Å². The highest BCUT2D eigenvalue weighted by Crippen LogP contribution is 2.21. The van der Waals surface area contributed by atoms with Crippen LogP contribution in [0, 0.1) is 6.92 Å². The molecule has 0 saturated heterocycles. The lowest BCUT2D eigenvalue weighted by Crippen LogP contribution is -2.06. The number of rotatable bonds is 3. The number of cyclic esters (lactones) is 1. The van der Waals surface area contributed by atoms with Crippen molar-refractivity contribution in [1.29, 1.82) is 0 Å². The summed E-state index contributed by atoms with van der Waals surface area (Å²) in [6.45, 7) is 3.33. The molecule has 0 aliphatic carbocycles. The van der Waals surface area contributed by atoms with Crippen molar-refractivity contribution in [2.24, 2.45) is 4.99 Å². The molecule has 0 unspecified atom stereocenters. The van der Waals surface area contributed by atoms with Crippen molar-refractivity contribution in [3.05, 3.63) is 70.9 Å². The van der Waals surface area contributed by atoms with E-state index in [1.165, 1.54) is 6.92 Å². The Balaban J connectivity index is 1.83. The largest absolute Gasteiger partial charge is 0.427 e. The molecule has 5 nitrogen and oxygen atoms in total. The predicted molar refractivity (Wildman–Crippen MR) is 89.5 cm³/mol. The van der Waals surface area contributed by atoms with E-state index in [0.29, 0.717) is 11.3 Å². The van der Waals surface area contributed by atoms with E-state index in [9.17, 15) is 9.59 Å². The summed E-state index contributed by atoms with van der Waals surface area (Å²) in [5.74, 6) is -0.232. The van der Waals surface area contributed by atoms with Crippen LogP contribution < -0.4 is 4.74 Å². The molecule has 2 aromatic carbocycles. The van der Waals surface area contributed by atoms with Gasteiger partial charge in [-0.2, -0.15) is 0 Å². The fourth-order valence-electron chi connectivity index (χ4n) is 2.18. The number of carbonyl (C=O) groups excluding carboxylic acids is 2. The van der Waals surface area contributed by atoms with Gasteiger partial charge in [0, 0.05) is 12.5 Å². The summed E-state index contributed by atoms with van der Waals surface area (Å²) in [4.78, 5) is 27.1. The zero-order valence-electron chi connectivity index (χ0n) is 13.3. The van der Waals surface area contributed by atoms with Crippen LogP contribution in [-0.4, -0.2) is 17.8 Å². The van der Waals surface area contributed by atoms with Gasteiger partial charge in [0.05, 0.1) is 0 Å². The van der Waals surface area contributed by atoms with E-state index in [4.69, 9.17) is 9.47 Å². The van der Waals surface area contributed by atoms with E-state index >= 15 is 0 Å². The van der Waals surface area contributed by atoms with E-state index in [2.05, 4.69) is 4.99 Å². The van der Waals surface area contributed by atoms with Crippen molar-refractivity contribution >= 4 is 23.9 Å². The minimum absolute atomic E-state index is 0.229. The summed E-state index contributed by atoms with van der Waals surface area (Å²) >= 11 is 0. The predicted octanol–water partition coefficient (Wildman–Crippen LogP) is 3.26. The highest BCUT2D eigenvalue weighted by atomic mass is 16.6. The molecule has 1 heterocycles. The average molecular weight is 321 g/mol. The van der Waals surface area contributed by atoms with Crippen LogP contribution in [0.5, 0.6) is 5.75 Å². The number of aliphatic imine (C=N–C) groups is 1. The Labute approximate surface area is 139 Å². The first kappa shape index (κ1) is 15.7. The summed E-state index contributed by atoms with van der Waals surface area (Å²) in [7, 11) is 0. The van der Waals surface area contributed by atoms with Crippen LogP contribution in [0.15, 0.2) is 59.2 Å². The lowest BCUT2D eigenvalue weighted by atomic mass is 10.1. The summed E-state index contributed by atoms with van der Waals surface area (Å²) in [6.07, 6.45) is 1.68. The van der Waals surface area contributed by atoms with Crippen LogP contribution in [0.3, 0.4) is 0 Å². The van der Waals surface area contributed by atoms with Crippen LogP contribution in [0.4, 0.5) is 0 Å². The van der Waals surface area contributed by atoms with Gasteiger partial charge >= 0.3 is 11.9 Å². The smallest absolute Gasteiger partial charge is 0.363 e. The summed E-state index contributed by atoms with van der Waals surface area (Å²) in [5, 5.41) is 0. The van der Waals surface area contributed by atoms with Gasteiger partial charge in [0.2, 0.25) is 5.90 Å². The first-order chi connectivity index (χ1) is 11.5.